The molecule has 2 aromatic carbocycles. The molecule has 1 unspecified atom stereocenters. The first-order chi connectivity index (χ1) is 19.9. The highest BCUT2D eigenvalue weighted by Gasteiger charge is 2.32. The summed E-state index contributed by atoms with van der Waals surface area (Å²) in [7, 11) is 0. The number of nitrogens with zero attached hydrogens (tertiary/aromatic N) is 1. The fraction of sp³-hybridized carbons (Fsp3) is 0.583. The summed E-state index contributed by atoms with van der Waals surface area (Å²) in [5.74, 6) is -0.206. The first-order valence-electron chi connectivity index (χ1n) is 15.9. The molecule has 0 spiro atoms. The predicted molar refractivity (Wildman–Crippen MR) is 156 cm³/mol. The largest absolute Gasteiger partial charge is 0.206 e. The van der Waals surface area contributed by atoms with E-state index in [9.17, 15) is 8.78 Å². The van der Waals surface area contributed by atoms with Crippen LogP contribution in [0, 0.1) is 52.4 Å². The van der Waals surface area contributed by atoms with Crippen LogP contribution in [0.15, 0.2) is 30.3 Å². The number of allylic oxidation sites excluding steroid dienone is 2. The van der Waals surface area contributed by atoms with Crippen molar-refractivity contribution in [2.45, 2.75) is 115 Å². The molecule has 0 N–H and O–H groups in total. The van der Waals surface area contributed by atoms with Gasteiger partial charge >= 0.3 is 0 Å². The second kappa shape index (κ2) is 13.6. The van der Waals surface area contributed by atoms with E-state index in [0.29, 0.717) is 30.4 Å². The van der Waals surface area contributed by atoms with Crippen LogP contribution in [0.2, 0.25) is 0 Å². The smallest absolute Gasteiger partial charge is 0.144 e. The van der Waals surface area contributed by atoms with Gasteiger partial charge in [0.1, 0.15) is 34.9 Å². The van der Waals surface area contributed by atoms with Crippen LogP contribution in [0.25, 0.3) is 5.57 Å². The van der Waals surface area contributed by atoms with Gasteiger partial charge in [-0.05, 0) is 128 Å². The van der Waals surface area contributed by atoms with Crippen LogP contribution in [0.4, 0.5) is 17.6 Å². The molecule has 3 aliphatic rings. The molecule has 5 heteroatoms. The lowest BCUT2D eigenvalue weighted by Gasteiger charge is -2.38. The zero-order chi connectivity index (χ0) is 28.9. The van der Waals surface area contributed by atoms with Gasteiger partial charge in [-0.25, -0.2) is 17.6 Å². The molecule has 0 radical (unpaired) electrons. The molecule has 220 valence electrons. The summed E-state index contributed by atoms with van der Waals surface area (Å²) < 4.78 is 58.9. The van der Waals surface area contributed by atoms with Crippen LogP contribution in [0.5, 0.6) is 0 Å². The Morgan fingerprint density at radius 2 is 1.27 bits per heavy atom. The maximum atomic E-state index is 15.4. The standard InChI is InChI=1S/C36H43F4N/c1-2-3-4-5-23-6-8-24(9-7-23)25-10-12-26(13-11-25)30-20-34(39)36(35(40)21-30)28-16-14-27(15-17-28)29-18-32(37)31(22-41)33(38)19-29/h16,18-21,23-27H,2-15,17H2,1H3. The number of unbranched alkanes of at least 4 members (excludes halogenated alkanes) is 2. The second-order valence-corrected chi connectivity index (χ2v) is 12.9. The molecule has 41 heavy (non-hydrogen) atoms. The highest BCUT2D eigenvalue weighted by Crippen LogP contribution is 2.45. The lowest BCUT2D eigenvalue weighted by molar-refractivity contribution is 0.155. The molecule has 2 saturated carbocycles. The van der Waals surface area contributed by atoms with E-state index < -0.39 is 28.8 Å². The van der Waals surface area contributed by atoms with Crippen LogP contribution in [-0.4, -0.2) is 0 Å². The fourth-order valence-electron chi connectivity index (χ4n) is 7.99. The summed E-state index contributed by atoms with van der Waals surface area (Å²) in [5, 5.41) is 8.91. The summed E-state index contributed by atoms with van der Waals surface area (Å²) in [5.41, 5.74) is 1.32. The average Bonchev–Trinajstić information content (AvgIpc) is 2.97. The van der Waals surface area contributed by atoms with Gasteiger partial charge in [0, 0.05) is 5.56 Å². The molecule has 2 aromatic rings. The molecule has 1 atom stereocenters. The van der Waals surface area contributed by atoms with Gasteiger partial charge in [0.2, 0.25) is 0 Å². The van der Waals surface area contributed by atoms with Gasteiger partial charge in [-0.3, -0.25) is 0 Å². The van der Waals surface area contributed by atoms with Gasteiger partial charge in [-0.15, -0.1) is 0 Å². The van der Waals surface area contributed by atoms with Crippen LogP contribution in [0.3, 0.4) is 0 Å². The predicted octanol–water partition coefficient (Wildman–Crippen LogP) is 11.1. The molecule has 2 fully saturated rings. The molecule has 0 heterocycles. The highest BCUT2D eigenvalue weighted by molar-refractivity contribution is 5.68. The third-order valence-electron chi connectivity index (χ3n) is 10.5. The van der Waals surface area contributed by atoms with Crippen molar-refractivity contribution in [3.63, 3.8) is 0 Å². The van der Waals surface area contributed by atoms with Crippen molar-refractivity contribution in [1.82, 2.24) is 0 Å². The molecular formula is C36H43F4N. The summed E-state index contributed by atoms with van der Waals surface area (Å²) in [6, 6.07) is 7.04. The molecule has 1 nitrogen and oxygen atoms in total. The molecule has 0 aliphatic heterocycles. The third-order valence-corrected chi connectivity index (χ3v) is 10.5. The zero-order valence-corrected chi connectivity index (χ0v) is 24.3. The van der Waals surface area contributed by atoms with Crippen molar-refractivity contribution >= 4 is 5.57 Å². The first kappa shape index (κ1) is 29.9. The van der Waals surface area contributed by atoms with E-state index in [-0.39, 0.29) is 17.4 Å². The van der Waals surface area contributed by atoms with Gasteiger partial charge in [-0.1, -0.05) is 51.5 Å². The monoisotopic (exact) mass is 565 g/mol. The normalized spacial score (nSPS) is 26.8. The van der Waals surface area contributed by atoms with Gasteiger partial charge in [0.05, 0.1) is 0 Å². The minimum atomic E-state index is -0.871. The average molecular weight is 566 g/mol. The molecule has 0 saturated heterocycles. The Morgan fingerprint density at radius 1 is 0.707 bits per heavy atom. The molecule has 0 aromatic heterocycles. The molecule has 3 aliphatic carbocycles. The van der Waals surface area contributed by atoms with Crippen molar-refractivity contribution in [2.24, 2.45) is 17.8 Å². The van der Waals surface area contributed by atoms with E-state index in [2.05, 4.69) is 6.92 Å². The Labute approximate surface area is 243 Å². The summed E-state index contributed by atoms with van der Waals surface area (Å²) >= 11 is 0. The Hall–Kier alpha value is -2.61. The number of nitriles is 1. The van der Waals surface area contributed by atoms with Crippen LogP contribution in [0.1, 0.15) is 137 Å². The van der Waals surface area contributed by atoms with Crippen molar-refractivity contribution < 1.29 is 17.6 Å². The maximum absolute atomic E-state index is 15.4. The van der Waals surface area contributed by atoms with E-state index in [0.717, 1.165) is 49.0 Å². The number of hydrogen-bond acceptors (Lipinski definition) is 1. The highest BCUT2D eigenvalue weighted by atomic mass is 19.1. The van der Waals surface area contributed by atoms with Gasteiger partial charge < -0.3 is 0 Å². The minimum absolute atomic E-state index is 0.0359. The lowest BCUT2D eigenvalue weighted by atomic mass is 9.68. The molecule has 5 rings (SSSR count). The first-order valence-corrected chi connectivity index (χ1v) is 15.9. The van der Waals surface area contributed by atoms with Crippen LogP contribution < -0.4 is 0 Å². The van der Waals surface area contributed by atoms with E-state index >= 15 is 8.78 Å². The SMILES string of the molecule is CCCCCC1CCC(C2CCC(c3cc(F)c(C4=CCC(c5cc(F)c(C#N)c(F)c5)CC4)c(F)c3)CC2)CC1. The molecule has 0 bridgehead atoms. The number of rotatable bonds is 8. The molecule has 0 amide bonds. The number of hydrogen-bond donors (Lipinski definition) is 0. The van der Waals surface area contributed by atoms with E-state index in [1.165, 1.54) is 63.5 Å². The summed E-state index contributed by atoms with van der Waals surface area (Å²) in [4.78, 5) is 0. The van der Waals surface area contributed by atoms with Crippen LogP contribution >= 0.6 is 0 Å². The maximum Gasteiger partial charge on any atom is 0.144 e. The summed E-state index contributed by atoms with van der Waals surface area (Å²) in [6.07, 6.45) is 18.4. The second-order valence-electron chi connectivity index (χ2n) is 12.9. The Kier molecular flexibility index (Phi) is 9.89. The van der Waals surface area contributed by atoms with Gasteiger partial charge in [0.15, 0.2) is 0 Å². The van der Waals surface area contributed by atoms with E-state index in [1.54, 1.807) is 24.3 Å². The van der Waals surface area contributed by atoms with Crippen molar-refractivity contribution in [3.8, 4) is 6.07 Å². The minimum Gasteiger partial charge on any atom is -0.206 e. The fourth-order valence-corrected chi connectivity index (χ4v) is 7.99. The summed E-state index contributed by atoms with van der Waals surface area (Å²) in [6.45, 7) is 2.27. The third kappa shape index (κ3) is 6.90. The number of benzene rings is 2. The van der Waals surface area contributed by atoms with Crippen LogP contribution in [-0.2, 0) is 0 Å². The Balaban J connectivity index is 1.17. The van der Waals surface area contributed by atoms with Gasteiger partial charge in [-0.2, -0.15) is 5.26 Å². The Bertz CT molecular complexity index is 1230. The van der Waals surface area contributed by atoms with E-state index in [1.807, 2.05) is 0 Å². The quantitative estimate of drug-likeness (QED) is 0.231. The topological polar surface area (TPSA) is 23.8 Å². The zero-order valence-electron chi connectivity index (χ0n) is 24.3. The number of halogens is 4. The van der Waals surface area contributed by atoms with Crippen molar-refractivity contribution in [1.29, 1.82) is 5.26 Å². The lowest BCUT2D eigenvalue weighted by Crippen LogP contribution is -2.25. The van der Waals surface area contributed by atoms with E-state index in [4.69, 9.17) is 5.26 Å². The molecular weight excluding hydrogens is 522 g/mol. The Morgan fingerprint density at radius 3 is 1.80 bits per heavy atom. The van der Waals surface area contributed by atoms with Crippen molar-refractivity contribution in [3.05, 3.63) is 75.9 Å². The van der Waals surface area contributed by atoms with Crippen molar-refractivity contribution in [2.75, 3.05) is 0 Å². The van der Waals surface area contributed by atoms with Gasteiger partial charge in [0.25, 0.3) is 0 Å².